The molecule has 0 saturated carbocycles. The van der Waals surface area contributed by atoms with E-state index in [0.717, 1.165) is 6.42 Å². The summed E-state index contributed by atoms with van der Waals surface area (Å²) >= 11 is 0. The van der Waals surface area contributed by atoms with E-state index in [4.69, 9.17) is 0 Å². The molecule has 0 atom stereocenters. The topological polar surface area (TPSA) is 22.0 Å². The number of hydrogen-bond donors (Lipinski definition) is 0. The number of aromatic nitrogens is 1. The van der Waals surface area contributed by atoms with Gasteiger partial charge in [-0.2, -0.15) is 0 Å². The third-order valence-corrected chi connectivity index (χ3v) is 3.36. The molecule has 76 valence electrons. The van der Waals surface area contributed by atoms with E-state index >= 15 is 0 Å². The van der Waals surface area contributed by atoms with E-state index in [-0.39, 0.29) is 0 Å². The van der Waals surface area contributed by atoms with Gasteiger partial charge in [0.1, 0.15) is 5.78 Å². The van der Waals surface area contributed by atoms with Crippen LogP contribution in [0.5, 0.6) is 0 Å². The van der Waals surface area contributed by atoms with Gasteiger partial charge in [0.15, 0.2) is 0 Å². The van der Waals surface area contributed by atoms with Gasteiger partial charge in [-0.15, -0.1) is 0 Å². The SMILES string of the molecule is Cn1c2c(c3ccccc31)CC(=O)CC2. The van der Waals surface area contributed by atoms with Crippen LogP contribution in [0, 0.1) is 0 Å². The van der Waals surface area contributed by atoms with Crippen LogP contribution in [-0.4, -0.2) is 10.4 Å². The van der Waals surface area contributed by atoms with Gasteiger partial charge in [0, 0.05) is 36.5 Å². The predicted molar refractivity (Wildman–Crippen MR) is 60.0 cm³/mol. The summed E-state index contributed by atoms with van der Waals surface area (Å²) in [6.45, 7) is 0. The van der Waals surface area contributed by atoms with Gasteiger partial charge in [-0.1, -0.05) is 18.2 Å². The first-order valence-electron chi connectivity index (χ1n) is 5.34. The Morgan fingerprint density at radius 3 is 2.87 bits per heavy atom. The van der Waals surface area contributed by atoms with Gasteiger partial charge in [-0.25, -0.2) is 0 Å². The second-order valence-electron chi connectivity index (χ2n) is 4.22. The van der Waals surface area contributed by atoms with E-state index in [2.05, 4.69) is 29.8 Å². The molecule has 0 N–H and O–H groups in total. The number of para-hydroxylation sites is 1. The number of hydrogen-bond acceptors (Lipinski definition) is 1. The zero-order valence-electron chi connectivity index (χ0n) is 8.79. The smallest absolute Gasteiger partial charge is 0.137 e. The molecule has 0 radical (unpaired) electrons. The Kier molecular flexibility index (Phi) is 1.72. The maximum absolute atomic E-state index is 11.5. The van der Waals surface area contributed by atoms with Crippen LogP contribution >= 0.6 is 0 Å². The number of nitrogens with zero attached hydrogens (tertiary/aromatic N) is 1. The van der Waals surface area contributed by atoms with E-state index in [9.17, 15) is 4.79 Å². The van der Waals surface area contributed by atoms with Crippen molar-refractivity contribution in [1.29, 1.82) is 0 Å². The second kappa shape index (κ2) is 2.96. The molecular weight excluding hydrogens is 186 g/mol. The summed E-state index contributed by atoms with van der Waals surface area (Å²) in [5.74, 6) is 0.374. The van der Waals surface area contributed by atoms with Gasteiger partial charge in [0.2, 0.25) is 0 Å². The van der Waals surface area contributed by atoms with Crippen LogP contribution < -0.4 is 0 Å². The molecule has 2 aromatic rings. The highest BCUT2D eigenvalue weighted by atomic mass is 16.1. The summed E-state index contributed by atoms with van der Waals surface area (Å²) in [5, 5.41) is 1.25. The average molecular weight is 199 g/mol. The molecule has 0 spiro atoms. The lowest BCUT2D eigenvalue weighted by Crippen LogP contribution is -2.14. The van der Waals surface area contributed by atoms with Crippen LogP contribution in [-0.2, 0) is 24.7 Å². The van der Waals surface area contributed by atoms with Gasteiger partial charge >= 0.3 is 0 Å². The molecule has 2 heteroatoms. The van der Waals surface area contributed by atoms with Crippen molar-refractivity contribution in [1.82, 2.24) is 4.57 Å². The van der Waals surface area contributed by atoms with Crippen molar-refractivity contribution in [3.8, 4) is 0 Å². The van der Waals surface area contributed by atoms with Crippen LogP contribution in [0.1, 0.15) is 17.7 Å². The van der Waals surface area contributed by atoms with E-state index in [0.29, 0.717) is 18.6 Å². The van der Waals surface area contributed by atoms with Gasteiger partial charge < -0.3 is 4.57 Å². The first-order valence-corrected chi connectivity index (χ1v) is 5.34. The molecule has 0 bridgehead atoms. The summed E-state index contributed by atoms with van der Waals surface area (Å²) in [6.07, 6.45) is 2.23. The normalized spacial score (nSPS) is 15.7. The molecule has 0 aliphatic heterocycles. The fraction of sp³-hybridized carbons (Fsp3) is 0.308. The Hall–Kier alpha value is -1.57. The molecule has 2 nitrogen and oxygen atoms in total. The quantitative estimate of drug-likeness (QED) is 0.637. The lowest BCUT2D eigenvalue weighted by Gasteiger charge is -2.12. The second-order valence-corrected chi connectivity index (χ2v) is 4.22. The van der Waals surface area contributed by atoms with Gasteiger partial charge in [-0.05, 0) is 18.1 Å². The highest BCUT2D eigenvalue weighted by Crippen LogP contribution is 2.29. The molecule has 0 unspecified atom stereocenters. The molecular formula is C13H13NO. The summed E-state index contributed by atoms with van der Waals surface area (Å²) in [4.78, 5) is 11.5. The third kappa shape index (κ3) is 1.14. The Morgan fingerprint density at radius 2 is 2.00 bits per heavy atom. The first kappa shape index (κ1) is 8.72. The number of Topliss-reactive ketones (excluding diaryl/α,β-unsaturated/α-hetero) is 1. The maximum Gasteiger partial charge on any atom is 0.137 e. The zero-order valence-corrected chi connectivity index (χ0v) is 8.79. The number of carbonyl (C=O) groups is 1. The fourth-order valence-corrected chi connectivity index (χ4v) is 2.58. The van der Waals surface area contributed by atoms with E-state index in [1.54, 1.807) is 0 Å². The molecule has 0 amide bonds. The first-order chi connectivity index (χ1) is 7.27. The Bertz CT molecular complexity index is 551. The summed E-state index contributed by atoms with van der Waals surface area (Å²) in [7, 11) is 2.09. The van der Waals surface area contributed by atoms with E-state index in [1.807, 2.05) is 6.07 Å². The molecule has 15 heavy (non-hydrogen) atoms. The van der Waals surface area contributed by atoms with Crippen molar-refractivity contribution in [3.05, 3.63) is 35.5 Å². The highest BCUT2D eigenvalue weighted by molar-refractivity contribution is 5.93. The number of carbonyl (C=O) groups excluding carboxylic acids is 1. The van der Waals surface area contributed by atoms with Crippen molar-refractivity contribution in [2.45, 2.75) is 19.3 Å². The van der Waals surface area contributed by atoms with Crippen LogP contribution in [0.25, 0.3) is 10.9 Å². The van der Waals surface area contributed by atoms with E-state index < -0.39 is 0 Å². The largest absolute Gasteiger partial charge is 0.347 e. The van der Waals surface area contributed by atoms with Gasteiger partial charge in [0.05, 0.1) is 0 Å². The molecule has 1 aliphatic rings. The minimum atomic E-state index is 0.374. The van der Waals surface area contributed by atoms with Crippen molar-refractivity contribution >= 4 is 16.7 Å². The van der Waals surface area contributed by atoms with Crippen molar-refractivity contribution in [3.63, 3.8) is 0 Å². The molecule has 1 aliphatic carbocycles. The fourth-order valence-electron chi connectivity index (χ4n) is 2.58. The number of fused-ring (bicyclic) bond motifs is 3. The molecule has 3 rings (SSSR count). The standard InChI is InChI=1S/C13H13NO/c1-14-12-5-3-2-4-10(12)11-8-9(15)6-7-13(11)14/h2-5H,6-8H2,1H3. The van der Waals surface area contributed by atoms with E-state index in [1.165, 1.54) is 22.2 Å². The number of aryl methyl sites for hydroxylation is 1. The Labute approximate surface area is 88.5 Å². The summed E-state index contributed by atoms with van der Waals surface area (Å²) < 4.78 is 2.23. The summed E-state index contributed by atoms with van der Waals surface area (Å²) in [5.41, 5.74) is 3.84. The lowest BCUT2D eigenvalue weighted by molar-refractivity contribution is -0.118. The van der Waals surface area contributed by atoms with Crippen molar-refractivity contribution < 1.29 is 4.79 Å². The van der Waals surface area contributed by atoms with Crippen molar-refractivity contribution in [2.24, 2.45) is 7.05 Å². The predicted octanol–water partition coefficient (Wildman–Crippen LogP) is 2.24. The van der Waals surface area contributed by atoms with Crippen LogP contribution in [0.2, 0.25) is 0 Å². The highest BCUT2D eigenvalue weighted by Gasteiger charge is 2.21. The number of ketones is 1. The molecule has 1 aromatic heterocycles. The van der Waals surface area contributed by atoms with Gasteiger partial charge in [-0.3, -0.25) is 4.79 Å². The number of rotatable bonds is 0. The molecule has 1 heterocycles. The third-order valence-electron chi connectivity index (χ3n) is 3.36. The Morgan fingerprint density at radius 1 is 1.20 bits per heavy atom. The van der Waals surface area contributed by atoms with Crippen LogP contribution in [0.15, 0.2) is 24.3 Å². The van der Waals surface area contributed by atoms with Crippen LogP contribution in [0.3, 0.4) is 0 Å². The minimum Gasteiger partial charge on any atom is -0.347 e. The zero-order chi connectivity index (χ0) is 10.4. The molecule has 0 saturated heterocycles. The number of benzene rings is 1. The monoisotopic (exact) mass is 199 g/mol. The lowest BCUT2D eigenvalue weighted by atomic mass is 9.94. The minimum absolute atomic E-state index is 0.374. The average Bonchev–Trinajstić information content (AvgIpc) is 2.54. The maximum atomic E-state index is 11.5. The summed E-state index contributed by atoms with van der Waals surface area (Å²) in [6, 6.07) is 8.34. The van der Waals surface area contributed by atoms with Crippen molar-refractivity contribution in [2.75, 3.05) is 0 Å². The van der Waals surface area contributed by atoms with Crippen LogP contribution in [0.4, 0.5) is 0 Å². The molecule has 1 aromatic carbocycles. The molecule has 0 fully saturated rings. The van der Waals surface area contributed by atoms with Gasteiger partial charge in [0.25, 0.3) is 0 Å². The Balaban J connectivity index is 2.37.